The number of aromatic nitrogens is 2. The molecule has 1 amide bonds. The maximum atomic E-state index is 11.8. The highest BCUT2D eigenvalue weighted by molar-refractivity contribution is 6.33. The van der Waals surface area contributed by atoms with E-state index < -0.39 is 5.60 Å². The summed E-state index contributed by atoms with van der Waals surface area (Å²) in [7, 11) is 0. The number of aliphatic hydroxyl groups is 1. The molecule has 122 valence electrons. The van der Waals surface area contributed by atoms with Crippen molar-refractivity contribution < 1.29 is 9.90 Å². The van der Waals surface area contributed by atoms with E-state index in [1.807, 2.05) is 27.8 Å². The zero-order valence-electron chi connectivity index (χ0n) is 13.1. The number of pyridine rings is 1. The molecule has 5 nitrogen and oxygen atoms in total. The molecule has 0 spiro atoms. The van der Waals surface area contributed by atoms with Gasteiger partial charge in [0.05, 0.1) is 17.7 Å². The van der Waals surface area contributed by atoms with E-state index in [0.29, 0.717) is 24.5 Å². The molecular formula is C17H20ClN3O2. The molecule has 4 heterocycles. The van der Waals surface area contributed by atoms with Gasteiger partial charge in [0.1, 0.15) is 0 Å². The molecule has 0 aromatic carbocycles. The van der Waals surface area contributed by atoms with Gasteiger partial charge in [-0.15, -0.1) is 0 Å². The van der Waals surface area contributed by atoms with Gasteiger partial charge in [-0.25, -0.2) is 4.98 Å². The maximum absolute atomic E-state index is 11.8. The van der Waals surface area contributed by atoms with Crippen LogP contribution in [0.15, 0.2) is 24.5 Å². The summed E-state index contributed by atoms with van der Waals surface area (Å²) < 4.78 is 1.99. The van der Waals surface area contributed by atoms with Crippen LogP contribution in [0, 0.1) is 0 Å². The van der Waals surface area contributed by atoms with Crippen LogP contribution in [0.25, 0.3) is 10.9 Å². The third-order valence-electron chi connectivity index (χ3n) is 5.31. The van der Waals surface area contributed by atoms with E-state index in [-0.39, 0.29) is 18.0 Å². The van der Waals surface area contributed by atoms with Gasteiger partial charge in [-0.3, -0.25) is 4.79 Å². The van der Waals surface area contributed by atoms with Gasteiger partial charge in [0.2, 0.25) is 5.91 Å². The smallest absolute Gasteiger partial charge is 0.219 e. The van der Waals surface area contributed by atoms with Crippen molar-refractivity contribution in [2.75, 3.05) is 0 Å². The summed E-state index contributed by atoms with van der Waals surface area (Å²) in [4.78, 5) is 17.9. The lowest BCUT2D eigenvalue weighted by Gasteiger charge is -2.43. The Morgan fingerprint density at radius 1 is 1.39 bits per heavy atom. The molecule has 0 radical (unpaired) electrons. The Balaban J connectivity index is 1.63. The van der Waals surface area contributed by atoms with Gasteiger partial charge in [-0.05, 0) is 37.8 Å². The topological polar surface area (TPSA) is 58.4 Å². The van der Waals surface area contributed by atoms with E-state index in [1.165, 1.54) is 0 Å². The van der Waals surface area contributed by atoms with E-state index in [1.54, 1.807) is 13.1 Å². The van der Waals surface area contributed by atoms with Crippen LogP contribution in [-0.2, 0) is 11.3 Å². The molecule has 23 heavy (non-hydrogen) atoms. The van der Waals surface area contributed by atoms with Crippen LogP contribution in [0.1, 0.15) is 32.6 Å². The SMILES string of the molecule is CC(=O)N1C2CCC1CC(O)(Cn1ccc3ccnc(Cl)c31)C2. The highest BCUT2D eigenvalue weighted by atomic mass is 35.5. The maximum Gasteiger partial charge on any atom is 0.219 e. The van der Waals surface area contributed by atoms with Gasteiger partial charge in [0.15, 0.2) is 5.15 Å². The summed E-state index contributed by atoms with van der Waals surface area (Å²) in [5.74, 6) is 0.123. The summed E-state index contributed by atoms with van der Waals surface area (Å²) in [6, 6.07) is 4.23. The molecule has 2 aromatic heterocycles. The summed E-state index contributed by atoms with van der Waals surface area (Å²) >= 11 is 6.23. The fourth-order valence-electron chi connectivity index (χ4n) is 4.52. The van der Waals surface area contributed by atoms with Crippen molar-refractivity contribution in [3.63, 3.8) is 0 Å². The molecule has 2 atom stereocenters. The van der Waals surface area contributed by atoms with Gasteiger partial charge >= 0.3 is 0 Å². The first-order chi connectivity index (χ1) is 11.0. The van der Waals surface area contributed by atoms with Gasteiger partial charge in [-0.1, -0.05) is 11.6 Å². The minimum atomic E-state index is -0.803. The van der Waals surface area contributed by atoms with Gasteiger partial charge in [-0.2, -0.15) is 0 Å². The van der Waals surface area contributed by atoms with Crippen LogP contribution in [0.4, 0.5) is 0 Å². The lowest BCUT2D eigenvalue weighted by molar-refractivity contribution is -0.139. The third kappa shape index (κ3) is 2.42. The number of rotatable bonds is 2. The first kappa shape index (κ1) is 15.0. The number of hydrogen-bond acceptors (Lipinski definition) is 3. The molecule has 4 rings (SSSR count). The fraction of sp³-hybridized carbons (Fsp3) is 0.529. The number of fused-ring (bicyclic) bond motifs is 3. The number of nitrogens with zero attached hydrogens (tertiary/aromatic N) is 3. The Morgan fingerprint density at radius 3 is 2.74 bits per heavy atom. The summed E-state index contributed by atoms with van der Waals surface area (Å²) in [6.07, 6.45) is 6.87. The molecule has 0 aliphatic carbocycles. The van der Waals surface area contributed by atoms with Crippen LogP contribution >= 0.6 is 11.6 Å². The average molecular weight is 334 g/mol. The molecule has 2 unspecified atom stereocenters. The van der Waals surface area contributed by atoms with E-state index in [9.17, 15) is 9.90 Å². The van der Waals surface area contributed by atoms with Crippen LogP contribution < -0.4 is 0 Å². The number of carbonyl (C=O) groups is 1. The van der Waals surface area contributed by atoms with Crippen LogP contribution in [0.5, 0.6) is 0 Å². The summed E-state index contributed by atoms with van der Waals surface area (Å²) in [5, 5.41) is 12.6. The van der Waals surface area contributed by atoms with Crippen molar-refractivity contribution in [1.82, 2.24) is 14.5 Å². The Kier molecular flexibility index (Phi) is 3.39. The highest BCUT2D eigenvalue weighted by Gasteiger charge is 2.48. The Morgan fingerprint density at radius 2 is 2.09 bits per heavy atom. The molecule has 2 aliphatic rings. The number of hydrogen-bond donors (Lipinski definition) is 1. The molecule has 2 aliphatic heterocycles. The monoisotopic (exact) mass is 333 g/mol. The molecule has 6 heteroatoms. The molecular weight excluding hydrogens is 314 g/mol. The van der Waals surface area contributed by atoms with E-state index >= 15 is 0 Å². The molecule has 2 bridgehead atoms. The first-order valence-electron chi connectivity index (χ1n) is 8.07. The van der Waals surface area contributed by atoms with Crippen LogP contribution in [0.3, 0.4) is 0 Å². The third-order valence-corrected chi connectivity index (χ3v) is 5.59. The van der Waals surface area contributed by atoms with Gasteiger partial charge in [0, 0.05) is 36.8 Å². The predicted molar refractivity (Wildman–Crippen MR) is 88.3 cm³/mol. The largest absolute Gasteiger partial charge is 0.388 e. The number of halogens is 1. The van der Waals surface area contributed by atoms with Crippen LogP contribution in [0.2, 0.25) is 5.15 Å². The number of amides is 1. The first-order valence-corrected chi connectivity index (χ1v) is 8.45. The fourth-order valence-corrected chi connectivity index (χ4v) is 4.79. The second-order valence-corrected chi connectivity index (χ2v) is 7.29. The van der Waals surface area contributed by atoms with Crippen molar-refractivity contribution in [2.24, 2.45) is 0 Å². The quantitative estimate of drug-likeness (QED) is 0.859. The highest BCUT2D eigenvalue weighted by Crippen LogP contribution is 2.42. The molecule has 2 aromatic rings. The Bertz CT molecular complexity index is 758. The van der Waals surface area contributed by atoms with E-state index in [4.69, 9.17) is 11.6 Å². The number of piperidine rings is 1. The molecule has 1 N–H and O–H groups in total. The second-order valence-electron chi connectivity index (χ2n) is 6.93. The van der Waals surface area contributed by atoms with Crippen LogP contribution in [-0.4, -0.2) is 43.1 Å². The zero-order valence-corrected chi connectivity index (χ0v) is 13.8. The predicted octanol–water partition coefficient (Wildman–Crippen LogP) is 2.59. The van der Waals surface area contributed by atoms with Crippen molar-refractivity contribution in [2.45, 2.75) is 56.8 Å². The van der Waals surface area contributed by atoms with Crippen molar-refractivity contribution in [3.05, 3.63) is 29.7 Å². The molecule has 2 fully saturated rings. The minimum Gasteiger partial charge on any atom is -0.388 e. The Labute approximate surface area is 139 Å². The van der Waals surface area contributed by atoms with Gasteiger partial charge < -0.3 is 14.6 Å². The van der Waals surface area contributed by atoms with E-state index in [2.05, 4.69) is 4.98 Å². The standard InChI is InChI=1S/C17H20ClN3O2/c1-11(22)21-13-2-3-14(21)9-17(23,8-13)10-20-7-5-12-4-6-19-16(18)15(12)20/h4-7,13-14,23H,2-3,8-10H2,1H3. The molecule has 2 saturated heterocycles. The van der Waals surface area contributed by atoms with Gasteiger partial charge in [0.25, 0.3) is 0 Å². The van der Waals surface area contributed by atoms with E-state index in [0.717, 1.165) is 23.7 Å². The normalized spacial score (nSPS) is 30.1. The second kappa shape index (κ2) is 5.21. The Hall–Kier alpha value is -1.59. The zero-order chi connectivity index (χ0) is 16.2. The average Bonchev–Trinajstić information content (AvgIpc) is 3.00. The lowest BCUT2D eigenvalue weighted by atomic mass is 9.86. The molecule has 0 saturated carbocycles. The summed E-state index contributed by atoms with van der Waals surface area (Å²) in [6.45, 7) is 2.11. The van der Waals surface area contributed by atoms with Crippen molar-refractivity contribution in [3.8, 4) is 0 Å². The number of carbonyl (C=O) groups excluding carboxylic acids is 1. The van der Waals surface area contributed by atoms with Crippen molar-refractivity contribution >= 4 is 28.4 Å². The summed E-state index contributed by atoms with van der Waals surface area (Å²) in [5.41, 5.74) is 0.0621. The lowest BCUT2D eigenvalue weighted by Crippen LogP contribution is -2.54. The van der Waals surface area contributed by atoms with Crippen molar-refractivity contribution in [1.29, 1.82) is 0 Å². The minimum absolute atomic E-state index is 0.123.